The van der Waals surface area contributed by atoms with Crippen LogP contribution in [0.2, 0.25) is 0 Å². The first-order valence-corrected chi connectivity index (χ1v) is 11.1. The zero-order chi connectivity index (χ0) is 20.5. The van der Waals surface area contributed by atoms with Crippen LogP contribution >= 0.6 is 0 Å². The Morgan fingerprint density at radius 2 is 1.90 bits per heavy atom. The molecule has 2 aromatic rings. The second kappa shape index (κ2) is 8.34. The summed E-state index contributed by atoms with van der Waals surface area (Å²) in [4.78, 5) is 26.6. The van der Waals surface area contributed by atoms with Gasteiger partial charge in [0.2, 0.25) is 5.95 Å². The number of hydrogen-bond acceptors (Lipinski definition) is 7. The van der Waals surface area contributed by atoms with Gasteiger partial charge in [0.05, 0.1) is 17.0 Å². The summed E-state index contributed by atoms with van der Waals surface area (Å²) in [5.74, 6) is 1.94. The number of aryl methyl sites for hydroxylation is 1. The average Bonchev–Trinajstić information content (AvgIpc) is 3.56. The Hall–Kier alpha value is -2.48. The molecule has 5 rings (SSSR count). The van der Waals surface area contributed by atoms with Gasteiger partial charge in [0.15, 0.2) is 5.76 Å². The highest BCUT2D eigenvalue weighted by Crippen LogP contribution is 2.36. The summed E-state index contributed by atoms with van der Waals surface area (Å²) in [6.45, 7) is 6.11. The van der Waals surface area contributed by atoms with E-state index in [1.807, 2.05) is 24.1 Å². The molecule has 3 fully saturated rings. The average molecular weight is 412 g/mol. The molecule has 0 spiro atoms. The fourth-order valence-corrected chi connectivity index (χ4v) is 4.80. The molecular formula is C22H29N5O3. The maximum absolute atomic E-state index is 12.7. The summed E-state index contributed by atoms with van der Waals surface area (Å²) >= 11 is 0. The number of aromatic nitrogens is 3. The third kappa shape index (κ3) is 3.80. The first kappa shape index (κ1) is 19.5. The lowest BCUT2D eigenvalue weighted by atomic mass is 9.90. The van der Waals surface area contributed by atoms with Crippen LogP contribution in [0.25, 0.3) is 11.3 Å². The lowest BCUT2D eigenvalue weighted by molar-refractivity contribution is -0.142. The zero-order valence-electron chi connectivity index (χ0n) is 17.5. The highest BCUT2D eigenvalue weighted by molar-refractivity contribution is 5.81. The Morgan fingerprint density at radius 1 is 1.10 bits per heavy atom. The molecule has 0 N–H and O–H groups in total. The van der Waals surface area contributed by atoms with Gasteiger partial charge >= 0.3 is 0 Å². The van der Waals surface area contributed by atoms with Gasteiger partial charge in [-0.3, -0.25) is 4.79 Å². The lowest BCUT2D eigenvalue weighted by Crippen LogP contribution is -2.43. The van der Waals surface area contributed by atoms with Crippen LogP contribution in [-0.2, 0) is 9.53 Å². The normalized spacial score (nSPS) is 22.8. The van der Waals surface area contributed by atoms with E-state index in [0.717, 1.165) is 74.8 Å². The van der Waals surface area contributed by atoms with Crippen molar-refractivity contribution in [3.63, 3.8) is 0 Å². The second-order valence-electron chi connectivity index (χ2n) is 8.60. The Bertz CT molecular complexity index is 894. The van der Waals surface area contributed by atoms with Crippen molar-refractivity contribution >= 4 is 11.9 Å². The molecule has 3 aliphatic heterocycles. The predicted octanol–water partition coefficient (Wildman–Crippen LogP) is 2.93. The van der Waals surface area contributed by atoms with Gasteiger partial charge in [0.1, 0.15) is 6.10 Å². The highest BCUT2D eigenvalue weighted by atomic mass is 16.5. The minimum Gasteiger partial charge on any atom is -0.368 e. The lowest BCUT2D eigenvalue weighted by Gasteiger charge is -2.33. The number of ether oxygens (including phenoxy) is 1. The fraction of sp³-hybridized carbons (Fsp3) is 0.636. The minimum atomic E-state index is -0.241. The Morgan fingerprint density at radius 3 is 2.57 bits per heavy atom. The van der Waals surface area contributed by atoms with Gasteiger partial charge in [-0.2, -0.15) is 0 Å². The smallest absolute Gasteiger partial charge is 0.251 e. The molecule has 5 heterocycles. The summed E-state index contributed by atoms with van der Waals surface area (Å²) < 4.78 is 11.1. The van der Waals surface area contributed by atoms with E-state index in [0.29, 0.717) is 12.4 Å². The third-order valence-corrected chi connectivity index (χ3v) is 6.49. The van der Waals surface area contributed by atoms with E-state index in [1.165, 1.54) is 12.8 Å². The van der Waals surface area contributed by atoms with Gasteiger partial charge in [-0.05, 0) is 45.4 Å². The van der Waals surface area contributed by atoms with Crippen molar-refractivity contribution in [1.29, 1.82) is 0 Å². The fourth-order valence-electron chi connectivity index (χ4n) is 4.80. The largest absolute Gasteiger partial charge is 0.368 e. The number of amides is 1. The van der Waals surface area contributed by atoms with Crippen molar-refractivity contribution in [3.8, 4) is 11.3 Å². The van der Waals surface area contributed by atoms with E-state index in [1.54, 1.807) is 0 Å². The van der Waals surface area contributed by atoms with Gasteiger partial charge in [-0.25, -0.2) is 9.97 Å². The van der Waals surface area contributed by atoms with Gasteiger partial charge in [0.25, 0.3) is 5.91 Å². The Balaban J connectivity index is 1.38. The second-order valence-corrected chi connectivity index (χ2v) is 8.60. The molecule has 2 aromatic heterocycles. The van der Waals surface area contributed by atoms with E-state index < -0.39 is 0 Å². The highest BCUT2D eigenvalue weighted by Gasteiger charge is 2.33. The number of likely N-dealkylation sites (tertiary alicyclic amines) is 1. The molecule has 1 atom stereocenters. The van der Waals surface area contributed by atoms with Crippen molar-refractivity contribution in [2.24, 2.45) is 0 Å². The Kier molecular flexibility index (Phi) is 5.41. The van der Waals surface area contributed by atoms with Crippen LogP contribution in [0.4, 0.5) is 5.95 Å². The molecule has 1 amide bonds. The Labute approximate surface area is 176 Å². The molecule has 3 aliphatic rings. The first-order chi connectivity index (χ1) is 14.7. The maximum Gasteiger partial charge on any atom is 0.251 e. The van der Waals surface area contributed by atoms with Crippen LogP contribution in [0, 0.1) is 6.92 Å². The van der Waals surface area contributed by atoms with Gasteiger partial charge in [-0.15, -0.1) is 0 Å². The molecule has 0 aromatic carbocycles. The summed E-state index contributed by atoms with van der Waals surface area (Å²) in [5, 5.41) is 4.05. The number of piperidine rings is 1. The summed E-state index contributed by atoms with van der Waals surface area (Å²) in [7, 11) is 0. The summed E-state index contributed by atoms with van der Waals surface area (Å²) in [5.41, 5.74) is 2.78. The van der Waals surface area contributed by atoms with Crippen LogP contribution < -0.4 is 4.90 Å². The number of carbonyl (C=O) groups is 1. The van der Waals surface area contributed by atoms with E-state index >= 15 is 0 Å². The van der Waals surface area contributed by atoms with E-state index in [4.69, 9.17) is 14.2 Å². The van der Waals surface area contributed by atoms with E-state index in [-0.39, 0.29) is 17.9 Å². The molecule has 0 saturated carbocycles. The zero-order valence-corrected chi connectivity index (χ0v) is 17.5. The molecule has 3 saturated heterocycles. The number of carbonyl (C=O) groups excluding carboxylic acids is 1. The van der Waals surface area contributed by atoms with Crippen molar-refractivity contribution in [1.82, 2.24) is 20.0 Å². The molecule has 160 valence electrons. The van der Waals surface area contributed by atoms with E-state index in [9.17, 15) is 4.79 Å². The van der Waals surface area contributed by atoms with Crippen LogP contribution in [0.3, 0.4) is 0 Å². The maximum atomic E-state index is 12.7. The molecule has 0 aliphatic carbocycles. The standard InChI is InChI=1S/C22H29N5O3/c1-15-13-19(30-25-15)17-14-23-22(27-8-2-3-9-27)24-20(17)16-6-10-26(11-7-16)21(28)18-5-4-12-29-18/h13-14,16,18H,2-12H2,1H3/t18-/m0/s1. The van der Waals surface area contributed by atoms with Crippen molar-refractivity contribution < 1.29 is 14.1 Å². The molecular weight excluding hydrogens is 382 g/mol. The van der Waals surface area contributed by atoms with Crippen molar-refractivity contribution in [2.45, 2.75) is 57.5 Å². The molecule has 0 radical (unpaired) electrons. The number of rotatable bonds is 4. The minimum absolute atomic E-state index is 0.150. The van der Waals surface area contributed by atoms with Crippen molar-refractivity contribution in [2.75, 3.05) is 37.7 Å². The van der Waals surface area contributed by atoms with E-state index in [2.05, 4.69) is 15.0 Å². The number of hydrogen-bond donors (Lipinski definition) is 0. The third-order valence-electron chi connectivity index (χ3n) is 6.49. The predicted molar refractivity (Wildman–Crippen MR) is 111 cm³/mol. The first-order valence-electron chi connectivity index (χ1n) is 11.1. The number of anilines is 1. The van der Waals surface area contributed by atoms with Crippen LogP contribution in [-0.4, -0.2) is 64.8 Å². The van der Waals surface area contributed by atoms with Gasteiger partial charge in [-0.1, -0.05) is 5.16 Å². The van der Waals surface area contributed by atoms with Gasteiger partial charge < -0.3 is 19.1 Å². The SMILES string of the molecule is Cc1cc(-c2cnc(N3CCCC3)nc2C2CCN(C(=O)[C@@H]3CCCO3)CC2)on1. The van der Waals surface area contributed by atoms with Gasteiger partial charge in [0, 0.05) is 51.0 Å². The quantitative estimate of drug-likeness (QED) is 0.765. The summed E-state index contributed by atoms with van der Waals surface area (Å²) in [6, 6.07) is 1.94. The van der Waals surface area contributed by atoms with Crippen LogP contribution in [0.1, 0.15) is 55.8 Å². The summed E-state index contributed by atoms with van der Waals surface area (Å²) in [6.07, 6.45) is 7.61. The molecule has 8 heteroatoms. The monoisotopic (exact) mass is 411 g/mol. The van der Waals surface area contributed by atoms with Crippen molar-refractivity contribution in [3.05, 3.63) is 23.7 Å². The topological polar surface area (TPSA) is 84.6 Å². The van der Waals surface area contributed by atoms with Crippen LogP contribution in [0.15, 0.2) is 16.8 Å². The molecule has 0 unspecified atom stereocenters. The molecule has 0 bridgehead atoms. The molecule has 30 heavy (non-hydrogen) atoms. The number of nitrogens with zero attached hydrogens (tertiary/aromatic N) is 5. The molecule has 8 nitrogen and oxygen atoms in total. The van der Waals surface area contributed by atoms with Crippen LogP contribution in [0.5, 0.6) is 0 Å².